The van der Waals surface area contributed by atoms with E-state index in [2.05, 4.69) is 10.6 Å². The van der Waals surface area contributed by atoms with E-state index in [9.17, 15) is 14.7 Å². The normalized spacial score (nSPS) is 18.2. The molecule has 6 nitrogen and oxygen atoms in total. The number of rotatable bonds is 4. The van der Waals surface area contributed by atoms with E-state index in [1.807, 2.05) is 0 Å². The van der Waals surface area contributed by atoms with Gasteiger partial charge in [-0.2, -0.15) is 0 Å². The number of benzene rings is 1. The predicted molar refractivity (Wildman–Crippen MR) is 69.3 cm³/mol. The molecule has 2 rings (SSSR count). The first-order chi connectivity index (χ1) is 9.06. The Morgan fingerprint density at radius 2 is 2.21 bits per heavy atom. The highest BCUT2D eigenvalue weighted by Crippen LogP contribution is 2.22. The number of aromatic hydroxyl groups is 1. The first-order valence-electron chi connectivity index (χ1n) is 6.16. The van der Waals surface area contributed by atoms with E-state index in [1.54, 1.807) is 0 Å². The number of carbonyl (C=O) groups excluding carboxylic acids is 1. The number of phenolic OH excluding ortho intramolecular Hbond substituents is 1. The van der Waals surface area contributed by atoms with Crippen LogP contribution in [0.25, 0.3) is 0 Å². The van der Waals surface area contributed by atoms with Gasteiger partial charge in [0.05, 0.1) is 11.3 Å². The summed E-state index contributed by atoms with van der Waals surface area (Å²) in [7, 11) is 0. The van der Waals surface area contributed by atoms with Crippen LogP contribution < -0.4 is 10.6 Å². The molecule has 1 atom stereocenters. The highest BCUT2D eigenvalue weighted by Gasteiger charge is 2.19. The number of phenols is 1. The van der Waals surface area contributed by atoms with Crippen LogP contribution in [-0.4, -0.2) is 34.7 Å². The maximum atomic E-state index is 11.8. The lowest BCUT2D eigenvalue weighted by Crippen LogP contribution is -2.27. The molecule has 1 aromatic carbocycles. The van der Waals surface area contributed by atoms with Crippen LogP contribution in [-0.2, 0) is 4.79 Å². The SMILES string of the molecule is O=C(CC1CCCN1)Nc1ccc(O)cc1C(=O)O. The first-order valence-corrected chi connectivity index (χ1v) is 6.16. The minimum atomic E-state index is -1.19. The number of carboxylic acids is 1. The highest BCUT2D eigenvalue weighted by atomic mass is 16.4. The molecule has 0 bridgehead atoms. The lowest BCUT2D eigenvalue weighted by molar-refractivity contribution is -0.116. The zero-order valence-electron chi connectivity index (χ0n) is 10.3. The molecule has 0 aromatic heterocycles. The van der Waals surface area contributed by atoms with E-state index < -0.39 is 5.97 Å². The molecule has 19 heavy (non-hydrogen) atoms. The minimum absolute atomic E-state index is 0.118. The highest BCUT2D eigenvalue weighted by molar-refractivity contribution is 6.00. The summed E-state index contributed by atoms with van der Waals surface area (Å²) in [5.74, 6) is -1.56. The lowest BCUT2D eigenvalue weighted by atomic mass is 10.1. The van der Waals surface area contributed by atoms with Gasteiger partial charge in [-0.1, -0.05) is 0 Å². The van der Waals surface area contributed by atoms with Crippen LogP contribution in [0.1, 0.15) is 29.6 Å². The lowest BCUT2D eigenvalue weighted by Gasteiger charge is -2.12. The molecule has 1 fully saturated rings. The molecule has 0 spiro atoms. The van der Waals surface area contributed by atoms with Crippen molar-refractivity contribution in [1.29, 1.82) is 0 Å². The van der Waals surface area contributed by atoms with Gasteiger partial charge in [-0.05, 0) is 37.6 Å². The van der Waals surface area contributed by atoms with Gasteiger partial charge >= 0.3 is 5.97 Å². The Bertz CT molecular complexity index is 495. The molecule has 4 N–H and O–H groups in total. The molecule has 1 aromatic rings. The number of amides is 1. The summed E-state index contributed by atoms with van der Waals surface area (Å²) in [5, 5.41) is 24.1. The van der Waals surface area contributed by atoms with Crippen LogP contribution >= 0.6 is 0 Å². The van der Waals surface area contributed by atoms with Crippen molar-refractivity contribution < 1.29 is 19.8 Å². The molecule has 0 aliphatic carbocycles. The summed E-state index contributed by atoms with van der Waals surface area (Å²) in [5.41, 5.74) is 0.0843. The fraction of sp³-hybridized carbons (Fsp3) is 0.385. The van der Waals surface area contributed by atoms with Gasteiger partial charge in [-0.3, -0.25) is 4.79 Å². The zero-order chi connectivity index (χ0) is 13.8. The number of nitrogens with one attached hydrogen (secondary N) is 2. The largest absolute Gasteiger partial charge is 0.508 e. The maximum Gasteiger partial charge on any atom is 0.337 e. The van der Waals surface area contributed by atoms with Gasteiger partial charge < -0.3 is 20.8 Å². The van der Waals surface area contributed by atoms with Crippen LogP contribution in [0, 0.1) is 0 Å². The second-order valence-corrected chi connectivity index (χ2v) is 4.58. The number of hydrogen-bond acceptors (Lipinski definition) is 4. The zero-order valence-corrected chi connectivity index (χ0v) is 10.3. The molecule has 1 unspecified atom stereocenters. The van der Waals surface area contributed by atoms with Gasteiger partial charge in [-0.25, -0.2) is 4.79 Å². The van der Waals surface area contributed by atoms with Gasteiger partial charge in [0.15, 0.2) is 0 Å². The molecule has 1 amide bonds. The fourth-order valence-electron chi connectivity index (χ4n) is 2.17. The summed E-state index contributed by atoms with van der Waals surface area (Å²) >= 11 is 0. The third-order valence-electron chi connectivity index (χ3n) is 3.10. The number of anilines is 1. The predicted octanol–water partition coefficient (Wildman–Crippen LogP) is 1.17. The van der Waals surface area contributed by atoms with Gasteiger partial charge in [-0.15, -0.1) is 0 Å². The van der Waals surface area contributed by atoms with Crippen molar-refractivity contribution in [2.75, 3.05) is 11.9 Å². The van der Waals surface area contributed by atoms with Crippen molar-refractivity contribution in [2.45, 2.75) is 25.3 Å². The van der Waals surface area contributed by atoms with Crippen molar-refractivity contribution in [2.24, 2.45) is 0 Å². The molecule has 102 valence electrons. The summed E-state index contributed by atoms with van der Waals surface area (Å²) < 4.78 is 0. The Morgan fingerprint density at radius 1 is 1.42 bits per heavy atom. The Labute approximate surface area is 110 Å². The fourth-order valence-corrected chi connectivity index (χ4v) is 2.17. The molecular formula is C13H16N2O4. The Morgan fingerprint density at radius 3 is 2.84 bits per heavy atom. The standard InChI is InChI=1S/C13H16N2O4/c16-9-3-4-11(10(7-9)13(18)19)15-12(17)6-8-2-1-5-14-8/h3-4,7-8,14,16H,1-2,5-6H2,(H,15,17)(H,18,19). The number of hydrogen-bond donors (Lipinski definition) is 4. The van der Waals surface area contributed by atoms with E-state index in [1.165, 1.54) is 12.1 Å². The Kier molecular flexibility index (Phi) is 4.01. The van der Waals surface area contributed by atoms with Crippen LogP contribution in [0.5, 0.6) is 5.75 Å². The van der Waals surface area contributed by atoms with Crippen LogP contribution in [0.15, 0.2) is 18.2 Å². The second-order valence-electron chi connectivity index (χ2n) is 4.58. The third kappa shape index (κ3) is 3.45. The van der Waals surface area contributed by atoms with Crippen molar-refractivity contribution in [3.63, 3.8) is 0 Å². The molecule has 6 heteroatoms. The van der Waals surface area contributed by atoms with E-state index in [-0.39, 0.29) is 28.9 Å². The monoisotopic (exact) mass is 264 g/mol. The Hall–Kier alpha value is -2.08. The van der Waals surface area contributed by atoms with Crippen molar-refractivity contribution >= 4 is 17.6 Å². The summed E-state index contributed by atoms with van der Waals surface area (Å²) in [6, 6.07) is 4.01. The van der Waals surface area contributed by atoms with Crippen LogP contribution in [0.2, 0.25) is 0 Å². The van der Waals surface area contributed by atoms with Gasteiger partial charge in [0.1, 0.15) is 5.75 Å². The number of carboxylic acid groups (broad SMARTS) is 1. The van der Waals surface area contributed by atoms with Gasteiger partial charge in [0.25, 0.3) is 0 Å². The van der Waals surface area contributed by atoms with Gasteiger partial charge in [0.2, 0.25) is 5.91 Å². The van der Waals surface area contributed by atoms with E-state index in [4.69, 9.17) is 5.11 Å². The maximum absolute atomic E-state index is 11.8. The Balaban J connectivity index is 2.05. The molecule has 0 radical (unpaired) electrons. The topological polar surface area (TPSA) is 98.7 Å². The average molecular weight is 264 g/mol. The molecule has 1 saturated heterocycles. The van der Waals surface area contributed by atoms with E-state index in [0.29, 0.717) is 6.42 Å². The van der Waals surface area contributed by atoms with E-state index in [0.717, 1.165) is 25.5 Å². The summed E-state index contributed by atoms with van der Waals surface area (Å²) in [6.45, 7) is 0.914. The van der Waals surface area contributed by atoms with E-state index >= 15 is 0 Å². The number of carbonyl (C=O) groups is 2. The molecule has 1 aliphatic heterocycles. The van der Waals surface area contributed by atoms with Gasteiger partial charge in [0, 0.05) is 12.5 Å². The number of aromatic carboxylic acids is 1. The second kappa shape index (κ2) is 5.71. The first kappa shape index (κ1) is 13.4. The van der Waals surface area contributed by atoms with Crippen molar-refractivity contribution in [3.05, 3.63) is 23.8 Å². The summed E-state index contributed by atoms with van der Waals surface area (Å²) in [6.07, 6.45) is 2.33. The molecule has 1 aliphatic rings. The van der Waals surface area contributed by atoms with Crippen LogP contribution in [0.3, 0.4) is 0 Å². The summed E-state index contributed by atoms with van der Waals surface area (Å²) in [4.78, 5) is 22.8. The quantitative estimate of drug-likeness (QED) is 0.612. The molecule has 0 saturated carbocycles. The van der Waals surface area contributed by atoms with Crippen molar-refractivity contribution in [1.82, 2.24) is 5.32 Å². The van der Waals surface area contributed by atoms with Crippen molar-refractivity contribution in [3.8, 4) is 5.75 Å². The smallest absolute Gasteiger partial charge is 0.337 e. The minimum Gasteiger partial charge on any atom is -0.508 e. The van der Waals surface area contributed by atoms with Crippen LogP contribution in [0.4, 0.5) is 5.69 Å². The average Bonchev–Trinajstić information content (AvgIpc) is 2.83. The molecular weight excluding hydrogens is 248 g/mol. The molecule has 1 heterocycles. The third-order valence-corrected chi connectivity index (χ3v) is 3.10.